The molecule has 0 bridgehead atoms. The van der Waals surface area contributed by atoms with Crippen molar-refractivity contribution in [1.29, 1.82) is 0 Å². The lowest BCUT2D eigenvalue weighted by Gasteiger charge is -1.79. The molecule has 0 fully saturated rings. The molecule has 0 radical (unpaired) electrons. The Morgan fingerprint density at radius 3 is 2.67 bits per heavy atom. The van der Waals surface area contributed by atoms with Crippen LogP contribution in [0.3, 0.4) is 0 Å². The van der Waals surface area contributed by atoms with E-state index in [1.54, 1.807) is 23.1 Å². The summed E-state index contributed by atoms with van der Waals surface area (Å²) in [5, 5.41) is 0. The average Bonchev–Trinajstić information content (AvgIpc) is 2.13. The van der Waals surface area contributed by atoms with Gasteiger partial charge in [0.25, 0.3) is 0 Å². The van der Waals surface area contributed by atoms with E-state index in [4.69, 9.17) is 11.6 Å². The normalized spacial score (nSPS) is 10.1. The lowest BCUT2D eigenvalue weighted by Crippen LogP contribution is -1.49. The van der Waals surface area contributed by atoms with E-state index in [2.05, 4.69) is 15.9 Å². The third-order valence-corrected chi connectivity index (χ3v) is 4.36. The molecule has 0 nitrogen and oxygen atoms in total. The molecular formula is C5H4BrClS2. The molecule has 9 heavy (non-hydrogen) atoms. The number of halogens is 2. The van der Waals surface area contributed by atoms with Crippen LogP contribution in [0.15, 0.2) is 14.7 Å². The SMILES string of the molecule is CSc1cc(Br)c(Cl)s1. The van der Waals surface area contributed by atoms with Crippen LogP contribution in [0.2, 0.25) is 4.34 Å². The molecule has 0 atom stereocenters. The molecule has 1 rings (SSSR count). The predicted molar refractivity (Wildman–Crippen MR) is 48.8 cm³/mol. The van der Waals surface area contributed by atoms with Gasteiger partial charge in [0, 0.05) is 4.47 Å². The van der Waals surface area contributed by atoms with Gasteiger partial charge in [0.2, 0.25) is 0 Å². The van der Waals surface area contributed by atoms with Gasteiger partial charge in [-0.25, -0.2) is 0 Å². The fourth-order valence-corrected chi connectivity index (χ4v) is 2.97. The molecule has 0 amide bonds. The maximum absolute atomic E-state index is 5.77. The van der Waals surface area contributed by atoms with Crippen molar-refractivity contribution in [3.05, 3.63) is 14.9 Å². The second-order valence-electron chi connectivity index (χ2n) is 1.39. The zero-order chi connectivity index (χ0) is 6.85. The zero-order valence-corrected chi connectivity index (χ0v) is 8.62. The first-order valence-electron chi connectivity index (χ1n) is 2.23. The van der Waals surface area contributed by atoms with Gasteiger partial charge in [0.1, 0.15) is 4.34 Å². The second kappa shape index (κ2) is 3.28. The molecule has 0 spiro atoms. The van der Waals surface area contributed by atoms with E-state index >= 15 is 0 Å². The monoisotopic (exact) mass is 242 g/mol. The van der Waals surface area contributed by atoms with E-state index in [1.165, 1.54) is 4.21 Å². The summed E-state index contributed by atoms with van der Waals surface area (Å²) in [5.74, 6) is 0. The molecular weight excluding hydrogens is 240 g/mol. The summed E-state index contributed by atoms with van der Waals surface area (Å²) >= 11 is 12.4. The number of thiophene rings is 1. The minimum atomic E-state index is 0.833. The van der Waals surface area contributed by atoms with Crippen molar-refractivity contribution < 1.29 is 0 Å². The lowest BCUT2D eigenvalue weighted by molar-refractivity contribution is 1.70. The summed E-state index contributed by atoms with van der Waals surface area (Å²) < 4.78 is 3.07. The standard InChI is InChI=1S/C5H4BrClS2/c1-8-4-2-3(6)5(7)9-4/h2H,1H3. The van der Waals surface area contributed by atoms with Crippen molar-refractivity contribution in [1.82, 2.24) is 0 Å². The average molecular weight is 244 g/mol. The van der Waals surface area contributed by atoms with Crippen LogP contribution in [0.5, 0.6) is 0 Å². The number of hydrogen-bond donors (Lipinski definition) is 0. The topological polar surface area (TPSA) is 0 Å². The van der Waals surface area contributed by atoms with Gasteiger partial charge in [0.05, 0.1) is 4.21 Å². The minimum Gasteiger partial charge on any atom is -0.119 e. The van der Waals surface area contributed by atoms with Gasteiger partial charge >= 0.3 is 0 Å². The molecule has 0 saturated carbocycles. The number of rotatable bonds is 1. The van der Waals surface area contributed by atoms with Gasteiger partial charge in [-0.05, 0) is 28.3 Å². The second-order valence-corrected chi connectivity index (χ2v) is 5.01. The maximum atomic E-state index is 5.77. The van der Waals surface area contributed by atoms with Gasteiger partial charge < -0.3 is 0 Å². The molecule has 0 aliphatic carbocycles. The Kier molecular flexibility index (Phi) is 2.89. The molecule has 0 saturated heterocycles. The predicted octanol–water partition coefficient (Wildman–Crippen LogP) is 3.89. The quantitative estimate of drug-likeness (QED) is 0.675. The van der Waals surface area contributed by atoms with Crippen LogP contribution in [0.1, 0.15) is 0 Å². The highest BCUT2D eigenvalue weighted by molar-refractivity contribution is 9.10. The van der Waals surface area contributed by atoms with Gasteiger partial charge in [-0.2, -0.15) is 0 Å². The third kappa shape index (κ3) is 1.87. The highest BCUT2D eigenvalue weighted by Crippen LogP contribution is 2.36. The van der Waals surface area contributed by atoms with Crippen LogP contribution in [0, 0.1) is 0 Å². The van der Waals surface area contributed by atoms with E-state index in [0.717, 1.165) is 8.81 Å². The van der Waals surface area contributed by atoms with E-state index in [0.29, 0.717) is 0 Å². The Labute approximate surface area is 75.7 Å². The highest BCUT2D eigenvalue weighted by atomic mass is 79.9. The third-order valence-electron chi connectivity index (χ3n) is 0.824. The highest BCUT2D eigenvalue weighted by Gasteiger charge is 2.01. The van der Waals surface area contributed by atoms with Crippen LogP contribution >= 0.6 is 50.6 Å². The first-order valence-corrected chi connectivity index (χ1v) is 5.44. The number of hydrogen-bond acceptors (Lipinski definition) is 2. The summed E-state index contributed by atoms with van der Waals surface area (Å²) in [6, 6.07) is 2.03. The lowest BCUT2D eigenvalue weighted by atomic mass is 10.7. The molecule has 0 unspecified atom stereocenters. The van der Waals surface area contributed by atoms with Gasteiger partial charge in [-0.1, -0.05) is 11.6 Å². The molecule has 0 aliphatic heterocycles. The Hall–Kier alpha value is 0.820. The van der Waals surface area contributed by atoms with E-state index in [1.807, 2.05) is 12.3 Å². The molecule has 0 aromatic carbocycles. The first-order chi connectivity index (χ1) is 4.24. The van der Waals surface area contributed by atoms with Crippen molar-refractivity contribution in [3.8, 4) is 0 Å². The van der Waals surface area contributed by atoms with Crippen LogP contribution in [0.4, 0.5) is 0 Å². The van der Waals surface area contributed by atoms with Gasteiger partial charge in [-0.15, -0.1) is 23.1 Å². The largest absolute Gasteiger partial charge is 0.119 e. The Morgan fingerprint density at radius 1 is 1.78 bits per heavy atom. The molecule has 50 valence electrons. The summed E-state index contributed by atoms with van der Waals surface area (Å²) in [4.78, 5) is 0. The molecule has 1 heterocycles. The van der Waals surface area contributed by atoms with Crippen molar-refractivity contribution in [2.24, 2.45) is 0 Å². The molecule has 4 heteroatoms. The van der Waals surface area contributed by atoms with E-state index < -0.39 is 0 Å². The van der Waals surface area contributed by atoms with Crippen molar-refractivity contribution in [2.75, 3.05) is 6.26 Å². The van der Waals surface area contributed by atoms with Crippen molar-refractivity contribution in [2.45, 2.75) is 4.21 Å². The molecule has 0 N–H and O–H groups in total. The van der Waals surface area contributed by atoms with Gasteiger partial charge in [-0.3, -0.25) is 0 Å². The van der Waals surface area contributed by atoms with Crippen LogP contribution in [-0.2, 0) is 0 Å². The maximum Gasteiger partial charge on any atom is 0.108 e. The summed E-state index contributed by atoms with van der Waals surface area (Å²) in [7, 11) is 0. The summed E-state index contributed by atoms with van der Waals surface area (Å²) in [6.07, 6.45) is 2.04. The minimum absolute atomic E-state index is 0.833. The Bertz CT molecular complexity index is 189. The van der Waals surface area contributed by atoms with E-state index in [-0.39, 0.29) is 0 Å². The van der Waals surface area contributed by atoms with Gasteiger partial charge in [0.15, 0.2) is 0 Å². The van der Waals surface area contributed by atoms with E-state index in [9.17, 15) is 0 Å². The summed E-state index contributed by atoms with van der Waals surface area (Å²) in [5.41, 5.74) is 0. The Morgan fingerprint density at radius 2 is 2.44 bits per heavy atom. The first kappa shape index (κ1) is 7.92. The number of thioether (sulfide) groups is 1. The zero-order valence-electron chi connectivity index (χ0n) is 4.65. The molecule has 1 aromatic rings. The van der Waals surface area contributed by atoms with Crippen molar-refractivity contribution in [3.63, 3.8) is 0 Å². The smallest absolute Gasteiger partial charge is 0.108 e. The molecule has 1 aromatic heterocycles. The van der Waals surface area contributed by atoms with Crippen LogP contribution in [0.25, 0.3) is 0 Å². The Balaban J connectivity index is 2.98. The van der Waals surface area contributed by atoms with Crippen LogP contribution in [-0.4, -0.2) is 6.26 Å². The fourth-order valence-electron chi connectivity index (χ4n) is 0.427. The van der Waals surface area contributed by atoms with Crippen LogP contribution < -0.4 is 0 Å². The fraction of sp³-hybridized carbons (Fsp3) is 0.200. The molecule has 0 aliphatic rings. The van der Waals surface area contributed by atoms with Crippen molar-refractivity contribution >= 4 is 50.6 Å². The summed E-state index contributed by atoms with van der Waals surface area (Å²) in [6.45, 7) is 0.